The fourth-order valence-corrected chi connectivity index (χ4v) is 2.94. The number of benzene rings is 1. The summed E-state index contributed by atoms with van der Waals surface area (Å²) in [4.78, 5) is 23.2. The zero-order valence-electron chi connectivity index (χ0n) is 14.4. The van der Waals surface area contributed by atoms with E-state index in [1.54, 1.807) is 26.6 Å². The summed E-state index contributed by atoms with van der Waals surface area (Å²) in [6.45, 7) is 1.50. The molecular formula is C18H22N4O3. The van der Waals surface area contributed by atoms with E-state index >= 15 is 0 Å². The van der Waals surface area contributed by atoms with Gasteiger partial charge in [0.25, 0.3) is 0 Å². The summed E-state index contributed by atoms with van der Waals surface area (Å²) in [5.41, 5.74) is 1.60. The van der Waals surface area contributed by atoms with E-state index in [4.69, 9.17) is 9.47 Å². The van der Waals surface area contributed by atoms with Gasteiger partial charge < -0.3 is 19.7 Å². The van der Waals surface area contributed by atoms with Crippen molar-refractivity contribution < 1.29 is 14.3 Å². The molecule has 2 aromatic rings. The number of morpholine rings is 1. The van der Waals surface area contributed by atoms with E-state index in [0.29, 0.717) is 31.9 Å². The van der Waals surface area contributed by atoms with Crippen LogP contribution in [0.4, 0.5) is 5.82 Å². The number of methoxy groups -OCH3 is 1. The molecule has 0 saturated carbocycles. The third-order valence-electron chi connectivity index (χ3n) is 4.22. The first-order valence-electron chi connectivity index (χ1n) is 8.23. The fraction of sp³-hybridized carbons (Fsp3) is 0.389. The Hall–Kier alpha value is -2.67. The molecule has 132 valence electrons. The van der Waals surface area contributed by atoms with Crippen molar-refractivity contribution in [3.63, 3.8) is 0 Å². The van der Waals surface area contributed by atoms with Crippen molar-refractivity contribution in [2.75, 3.05) is 39.2 Å². The van der Waals surface area contributed by atoms with E-state index in [9.17, 15) is 4.79 Å². The van der Waals surface area contributed by atoms with Crippen LogP contribution in [0.15, 0.2) is 36.7 Å². The first-order valence-corrected chi connectivity index (χ1v) is 8.23. The number of nitrogens with one attached hydrogen (secondary N) is 1. The third kappa shape index (κ3) is 3.88. The van der Waals surface area contributed by atoms with Crippen LogP contribution in [0.1, 0.15) is 17.4 Å². The second kappa shape index (κ2) is 7.94. The van der Waals surface area contributed by atoms with E-state index in [2.05, 4.69) is 15.3 Å². The van der Waals surface area contributed by atoms with Gasteiger partial charge in [-0.1, -0.05) is 18.2 Å². The van der Waals surface area contributed by atoms with Gasteiger partial charge >= 0.3 is 0 Å². The number of para-hydroxylation sites is 1. The number of hydrogen-bond donors (Lipinski definition) is 1. The predicted octanol–water partition coefficient (Wildman–Crippen LogP) is 1.67. The largest absolute Gasteiger partial charge is 0.496 e. The molecule has 1 saturated heterocycles. The number of anilines is 1. The molecule has 2 heterocycles. The summed E-state index contributed by atoms with van der Waals surface area (Å²) < 4.78 is 11.2. The highest BCUT2D eigenvalue weighted by Gasteiger charge is 2.28. The lowest BCUT2D eigenvalue weighted by molar-refractivity contribution is -0.138. The van der Waals surface area contributed by atoms with Gasteiger partial charge in [-0.05, 0) is 6.07 Å². The third-order valence-corrected chi connectivity index (χ3v) is 4.22. The maximum absolute atomic E-state index is 12.7. The molecule has 0 spiro atoms. The Morgan fingerprint density at radius 1 is 1.36 bits per heavy atom. The molecule has 1 atom stereocenters. The van der Waals surface area contributed by atoms with Gasteiger partial charge in [0.2, 0.25) is 5.91 Å². The lowest BCUT2D eigenvalue weighted by Crippen LogP contribution is -2.43. The number of rotatable bonds is 5. The molecule has 1 aromatic carbocycles. The first-order chi connectivity index (χ1) is 12.2. The van der Waals surface area contributed by atoms with E-state index < -0.39 is 0 Å². The molecular weight excluding hydrogens is 320 g/mol. The van der Waals surface area contributed by atoms with Crippen LogP contribution >= 0.6 is 0 Å². The second-order valence-electron chi connectivity index (χ2n) is 5.73. The number of amides is 1. The number of nitrogens with zero attached hydrogens (tertiary/aromatic N) is 3. The van der Waals surface area contributed by atoms with Crippen LogP contribution < -0.4 is 10.1 Å². The van der Waals surface area contributed by atoms with Crippen molar-refractivity contribution in [2.24, 2.45) is 0 Å². The van der Waals surface area contributed by atoms with Gasteiger partial charge in [-0.2, -0.15) is 0 Å². The Morgan fingerprint density at radius 2 is 2.16 bits per heavy atom. The van der Waals surface area contributed by atoms with Gasteiger partial charge in [0.05, 0.1) is 26.7 Å². The average Bonchev–Trinajstić information content (AvgIpc) is 2.68. The monoisotopic (exact) mass is 342 g/mol. The molecule has 0 aliphatic carbocycles. The lowest BCUT2D eigenvalue weighted by atomic mass is 10.1. The normalized spacial score (nSPS) is 17.2. The summed E-state index contributed by atoms with van der Waals surface area (Å²) in [6, 6.07) is 7.58. The molecule has 3 rings (SSSR count). The molecule has 1 fully saturated rings. The van der Waals surface area contributed by atoms with Crippen molar-refractivity contribution in [3.05, 3.63) is 47.9 Å². The first kappa shape index (κ1) is 17.2. The van der Waals surface area contributed by atoms with Crippen LogP contribution in [0.5, 0.6) is 5.75 Å². The smallest absolute Gasteiger partial charge is 0.227 e. The highest BCUT2D eigenvalue weighted by Crippen LogP contribution is 2.26. The second-order valence-corrected chi connectivity index (χ2v) is 5.73. The van der Waals surface area contributed by atoms with Gasteiger partial charge in [-0.15, -0.1) is 0 Å². The Bertz CT molecular complexity index is 738. The SMILES string of the molecule is CNc1nccnc1[C@H]1CN(C(=O)Cc2ccccc2OC)CCO1. The number of carbonyl (C=O) groups excluding carboxylic acids is 1. The van der Waals surface area contributed by atoms with E-state index in [1.807, 2.05) is 29.2 Å². The topological polar surface area (TPSA) is 76.6 Å². The molecule has 7 nitrogen and oxygen atoms in total. The Kier molecular flexibility index (Phi) is 5.45. The van der Waals surface area contributed by atoms with Crippen LogP contribution in [0.3, 0.4) is 0 Å². The molecule has 0 bridgehead atoms. The summed E-state index contributed by atoms with van der Waals surface area (Å²) in [5, 5.41) is 3.02. The van der Waals surface area contributed by atoms with E-state index in [0.717, 1.165) is 17.0 Å². The molecule has 7 heteroatoms. The number of ether oxygens (including phenoxy) is 2. The van der Waals surface area contributed by atoms with Crippen LogP contribution in [0, 0.1) is 0 Å². The van der Waals surface area contributed by atoms with Gasteiger partial charge in [0, 0.05) is 31.5 Å². The molecule has 1 aliphatic rings. The van der Waals surface area contributed by atoms with Crippen molar-refractivity contribution in [3.8, 4) is 5.75 Å². The van der Waals surface area contributed by atoms with Crippen molar-refractivity contribution in [1.82, 2.24) is 14.9 Å². The summed E-state index contributed by atoms with van der Waals surface area (Å²) in [5.74, 6) is 1.45. The minimum Gasteiger partial charge on any atom is -0.496 e. The maximum Gasteiger partial charge on any atom is 0.227 e. The van der Waals surface area contributed by atoms with E-state index in [1.165, 1.54) is 0 Å². The molecule has 1 amide bonds. The molecule has 25 heavy (non-hydrogen) atoms. The summed E-state index contributed by atoms with van der Waals surface area (Å²) >= 11 is 0. The van der Waals surface area contributed by atoms with Gasteiger partial charge in [-0.25, -0.2) is 4.98 Å². The number of hydrogen-bond acceptors (Lipinski definition) is 6. The molecule has 1 aromatic heterocycles. The number of carbonyl (C=O) groups is 1. The summed E-state index contributed by atoms with van der Waals surface area (Å²) in [6.07, 6.45) is 3.28. The highest BCUT2D eigenvalue weighted by atomic mass is 16.5. The van der Waals surface area contributed by atoms with Gasteiger partial charge in [0.1, 0.15) is 23.4 Å². The standard InChI is InChI=1S/C18H22N4O3/c1-19-18-17(20-7-8-21-18)15-12-22(9-10-25-15)16(23)11-13-5-3-4-6-14(13)24-2/h3-8,15H,9-12H2,1-2H3,(H,19,21)/t15-/m1/s1. The average molecular weight is 342 g/mol. The quantitative estimate of drug-likeness (QED) is 0.891. The van der Waals surface area contributed by atoms with Crippen LogP contribution in [0.2, 0.25) is 0 Å². The minimum absolute atomic E-state index is 0.0488. The Balaban J connectivity index is 1.71. The molecule has 1 N–H and O–H groups in total. The predicted molar refractivity (Wildman–Crippen MR) is 93.5 cm³/mol. The van der Waals surface area contributed by atoms with Gasteiger partial charge in [0.15, 0.2) is 0 Å². The zero-order chi connectivity index (χ0) is 17.6. The van der Waals surface area contributed by atoms with Gasteiger partial charge in [-0.3, -0.25) is 9.78 Å². The van der Waals surface area contributed by atoms with Crippen LogP contribution in [0.25, 0.3) is 0 Å². The van der Waals surface area contributed by atoms with E-state index in [-0.39, 0.29) is 12.0 Å². The number of aromatic nitrogens is 2. The fourth-order valence-electron chi connectivity index (χ4n) is 2.94. The lowest BCUT2D eigenvalue weighted by Gasteiger charge is -2.33. The maximum atomic E-state index is 12.7. The summed E-state index contributed by atoms with van der Waals surface area (Å²) in [7, 11) is 3.41. The molecule has 0 radical (unpaired) electrons. The zero-order valence-corrected chi connectivity index (χ0v) is 14.4. The minimum atomic E-state index is -0.286. The highest BCUT2D eigenvalue weighted by molar-refractivity contribution is 5.79. The van der Waals surface area contributed by atoms with Crippen molar-refractivity contribution in [2.45, 2.75) is 12.5 Å². The van der Waals surface area contributed by atoms with Crippen LogP contribution in [-0.4, -0.2) is 54.6 Å². The Labute approximate surface area is 147 Å². The molecule has 0 unspecified atom stereocenters. The Morgan fingerprint density at radius 3 is 2.96 bits per heavy atom. The van der Waals surface area contributed by atoms with Crippen LogP contribution in [-0.2, 0) is 16.0 Å². The van der Waals surface area contributed by atoms with Crippen molar-refractivity contribution in [1.29, 1.82) is 0 Å². The molecule has 1 aliphatic heterocycles. The van der Waals surface area contributed by atoms with Crippen molar-refractivity contribution >= 4 is 11.7 Å².